The fourth-order valence-corrected chi connectivity index (χ4v) is 3.65. The summed E-state index contributed by atoms with van der Waals surface area (Å²) >= 11 is 4.95. The summed E-state index contributed by atoms with van der Waals surface area (Å²) < 4.78 is 32.4. The Morgan fingerprint density at radius 3 is 2.52 bits per heavy atom. The number of nitrogens with one attached hydrogen (secondary N) is 1. The van der Waals surface area contributed by atoms with Gasteiger partial charge in [-0.25, -0.2) is 13.1 Å². The van der Waals surface area contributed by atoms with Crippen LogP contribution in [0.1, 0.15) is 25.0 Å². The third-order valence-electron chi connectivity index (χ3n) is 3.11. The van der Waals surface area contributed by atoms with E-state index in [4.69, 9.17) is 22.7 Å². The number of rotatable bonds is 8. The van der Waals surface area contributed by atoms with Gasteiger partial charge < -0.3 is 10.5 Å². The molecule has 0 spiro atoms. The molecule has 0 saturated heterocycles. The first-order valence-electron chi connectivity index (χ1n) is 6.63. The predicted octanol–water partition coefficient (Wildman–Crippen LogP) is 1.41. The van der Waals surface area contributed by atoms with Gasteiger partial charge in [0, 0.05) is 18.7 Å². The smallest absolute Gasteiger partial charge is 0.216 e. The molecule has 1 rings (SSSR count). The number of hydrogen-bond acceptors (Lipinski definition) is 4. The molecule has 5 nitrogen and oxygen atoms in total. The largest absolute Gasteiger partial charge is 0.389 e. The monoisotopic (exact) mass is 330 g/mol. The Kier molecular flexibility index (Phi) is 6.73. The second kappa shape index (κ2) is 7.84. The van der Waals surface area contributed by atoms with Crippen molar-refractivity contribution in [3.63, 3.8) is 0 Å². The van der Waals surface area contributed by atoms with Crippen molar-refractivity contribution in [3.05, 3.63) is 35.4 Å². The standard InChI is InChI=1S/C14H22N2O3S2/c1-10(2)13(8-19-3)16-21(17,18)9-11-6-4-5-7-12(11)14(15)20/h4-7,10,13,16H,8-9H2,1-3H3,(H2,15,20). The number of nitrogens with two attached hydrogens (primary N) is 1. The molecule has 0 aliphatic carbocycles. The molecule has 21 heavy (non-hydrogen) atoms. The van der Waals surface area contributed by atoms with Gasteiger partial charge in [-0.05, 0) is 11.5 Å². The van der Waals surface area contributed by atoms with Crippen molar-refractivity contribution >= 4 is 27.2 Å². The van der Waals surface area contributed by atoms with Gasteiger partial charge in [-0.15, -0.1) is 0 Å². The van der Waals surface area contributed by atoms with Gasteiger partial charge in [-0.1, -0.05) is 50.3 Å². The Morgan fingerprint density at radius 1 is 1.38 bits per heavy atom. The van der Waals surface area contributed by atoms with Crippen molar-refractivity contribution in [2.45, 2.75) is 25.6 Å². The summed E-state index contributed by atoms with van der Waals surface area (Å²) in [6.45, 7) is 4.21. The van der Waals surface area contributed by atoms with Crippen molar-refractivity contribution < 1.29 is 13.2 Å². The quantitative estimate of drug-likeness (QED) is 0.704. The first-order chi connectivity index (χ1) is 9.76. The minimum Gasteiger partial charge on any atom is -0.389 e. The van der Waals surface area contributed by atoms with E-state index in [-0.39, 0.29) is 22.7 Å². The summed E-state index contributed by atoms with van der Waals surface area (Å²) in [5.74, 6) is -0.0291. The SMILES string of the molecule is COCC(NS(=O)(=O)Cc1ccccc1C(N)=S)C(C)C. The van der Waals surface area contributed by atoms with Gasteiger partial charge in [0.25, 0.3) is 0 Å². The van der Waals surface area contributed by atoms with E-state index in [1.54, 1.807) is 31.4 Å². The summed E-state index contributed by atoms with van der Waals surface area (Å²) in [6, 6.07) is 6.72. The fraction of sp³-hybridized carbons (Fsp3) is 0.500. The Hall–Kier alpha value is -1.02. The van der Waals surface area contributed by atoms with Crippen LogP contribution in [0.4, 0.5) is 0 Å². The van der Waals surface area contributed by atoms with E-state index in [9.17, 15) is 8.42 Å². The number of sulfonamides is 1. The van der Waals surface area contributed by atoms with Crippen molar-refractivity contribution in [1.29, 1.82) is 0 Å². The van der Waals surface area contributed by atoms with E-state index in [1.807, 2.05) is 13.8 Å². The molecule has 3 N–H and O–H groups in total. The third-order valence-corrected chi connectivity index (χ3v) is 4.68. The van der Waals surface area contributed by atoms with Crippen molar-refractivity contribution in [3.8, 4) is 0 Å². The van der Waals surface area contributed by atoms with Crippen LogP contribution >= 0.6 is 12.2 Å². The summed E-state index contributed by atoms with van der Waals surface area (Å²) in [7, 11) is -1.95. The minimum atomic E-state index is -3.50. The molecular weight excluding hydrogens is 308 g/mol. The van der Waals surface area contributed by atoms with Gasteiger partial charge in [0.15, 0.2) is 0 Å². The van der Waals surface area contributed by atoms with Crippen LogP contribution in [0.25, 0.3) is 0 Å². The van der Waals surface area contributed by atoms with Crippen LogP contribution in [0.15, 0.2) is 24.3 Å². The van der Waals surface area contributed by atoms with Crippen molar-refractivity contribution in [2.24, 2.45) is 11.7 Å². The highest BCUT2D eigenvalue weighted by molar-refractivity contribution is 7.88. The molecule has 0 radical (unpaired) electrons. The summed E-state index contributed by atoms with van der Waals surface area (Å²) in [5.41, 5.74) is 6.81. The third kappa shape index (κ3) is 5.70. The molecule has 0 saturated carbocycles. The van der Waals surface area contributed by atoms with Gasteiger partial charge >= 0.3 is 0 Å². The molecule has 118 valence electrons. The first kappa shape index (κ1) is 18.0. The summed E-state index contributed by atoms with van der Waals surface area (Å²) in [5, 5.41) is 0. The van der Waals surface area contributed by atoms with Crippen molar-refractivity contribution in [1.82, 2.24) is 4.72 Å². The number of hydrogen-bond donors (Lipinski definition) is 2. The molecule has 0 heterocycles. The summed E-state index contributed by atoms with van der Waals surface area (Å²) in [6.07, 6.45) is 0. The van der Waals surface area contributed by atoms with Gasteiger partial charge in [0.2, 0.25) is 10.0 Å². The number of methoxy groups -OCH3 is 1. The lowest BCUT2D eigenvalue weighted by Crippen LogP contribution is -2.42. The number of benzene rings is 1. The average molecular weight is 330 g/mol. The number of ether oxygens (including phenoxy) is 1. The molecule has 0 bridgehead atoms. The van der Waals surface area contributed by atoms with Crippen LogP contribution in [0, 0.1) is 5.92 Å². The molecule has 1 aromatic carbocycles. The molecular formula is C14H22N2O3S2. The topological polar surface area (TPSA) is 81.4 Å². The summed E-state index contributed by atoms with van der Waals surface area (Å²) in [4.78, 5) is 0.193. The molecule has 0 aliphatic heterocycles. The highest BCUT2D eigenvalue weighted by Gasteiger charge is 2.22. The maximum atomic E-state index is 12.3. The molecule has 0 fully saturated rings. The van der Waals surface area contributed by atoms with E-state index in [0.29, 0.717) is 17.7 Å². The molecule has 1 unspecified atom stereocenters. The molecule has 1 aromatic rings. The Balaban J connectivity index is 2.93. The van der Waals surface area contributed by atoms with Crippen LogP contribution in [-0.2, 0) is 20.5 Å². The van der Waals surface area contributed by atoms with Crippen LogP contribution < -0.4 is 10.5 Å². The van der Waals surface area contributed by atoms with Crippen LogP contribution in [0.3, 0.4) is 0 Å². The minimum absolute atomic E-state index is 0.130. The lowest BCUT2D eigenvalue weighted by Gasteiger charge is -2.21. The van der Waals surface area contributed by atoms with Gasteiger partial charge in [-0.3, -0.25) is 0 Å². The van der Waals surface area contributed by atoms with Crippen LogP contribution in [0.5, 0.6) is 0 Å². The van der Waals surface area contributed by atoms with Crippen LogP contribution in [0.2, 0.25) is 0 Å². The Morgan fingerprint density at radius 2 is 2.00 bits per heavy atom. The lowest BCUT2D eigenvalue weighted by atomic mass is 10.1. The van der Waals surface area contributed by atoms with Crippen LogP contribution in [-0.4, -0.2) is 33.2 Å². The van der Waals surface area contributed by atoms with Gasteiger partial charge in [0.05, 0.1) is 12.4 Å². The van der Waals surface area contributed by atoms with E-state index in [1.165, 1.54) is 0 Å². The Labute approximate surface area is 131 Å². The van der Waals surface area contributed by atoms with E-state index >= 15 is 0 Å². The molecule has 0 aromatic heterocycles. The van der Waals surface area contributed by atoms with Gasteiger partial charge in [0.1, 0.15) is 4.99 Å². The highest BCUT2D eigenvalue weighted by Crippen LogP contribution is 2.13. The fourth-order valence-electron chi connectivity index (χ4n) is 1.91. The van der Waals surface area contributed by atoms with E-state index < -0.39 is 10.0 Å². The van der Waals surface area contributed by atoms with E-state index in [2.05, 4.69) is 4.72 Å². The predicted molar refractivity (Wildman–Crippen MR) is 88.6 cm³/mol. The Bertz CT molecular complexity index is 586. The second-order valence-corrected chi connectivity index (χ2v) is 7.40. The van der Waals surface area contributed by atoms with E-state index in [0.717, 1.165) is 0 Å². The maximum absolute atomic E-state index is 12.3. The van der Waals surface area contributed by atoms with Crippen molar-refractivity contribution in [2.75, 3.05) is 13.7 Å². The molecule has 7 heteroatoms. The molecule has 0 aliphatic rings. The second-order valence-electron chi connectivity index (χ2n) is 5.20. The zero-order chi connectivity index (χ0) is 16.0. The zero-order valence-electron chi connectivity index (χ0n) is 12.5. The first-order valence-corrected chi connectivity index (χ1v) is 8.69. The number of thiocarbonyl (C=S) groups is 1. The lowest BCUT2D eigenvalue weighted by molar-refractivity contribution is 0.157. The van der Waals surface area contributed by atoms with Gasteiger partial charge in [-0.2, -0.15) is 0 Å². The highest BCUT2D eigenvalue weighted by atomic mass is 32.2. The zero-order valence-corrected chi connectivity index (χ0v) is 14.1. The maximum Gasteiger partial charge on any atom is 0.216 e. The average Bonchev–Trinajstić information content (AvgIpc) is 2.37. The molecule has 1 atom stereocenters. The molecule has 0 amide bonds. The normalized spacial score (nSPS) is 13.3.